The largest absolute Gasteiger partial charge is 0.496 e. The number of hydrogen-bond acceptors (Lipinski definition) is 10. The molecule has 0 bridgehead atoms. The van der Waals surface area contributed by atoms with E-state index in [1.165, 1.54) is 6.07 Å². The maximum atomic E-state index is 14.3. The Bertz CT molecular complexity index is 1700. The number of ether oxygens (including phenoxy) is 5. The van der Waals surface area contributed by atoms with Crippen molar-refractivity contribution in [3.05, 3.63) is 70.1 Å². The van der Waals surface area contributed by atoms with E-state index < -0.39 is 35.5 Å². The summed E-state index contributed by atoms with van der Waals surface area (Å²) in [5.41, 5.74) is 0.673. The lowest BCUT2D eigenvalue weighted by Gasteiger charge is -2.27. The molecule has 3 amide bonds. The molecule has 2 aromatic carbocycles. The molecular weight excluding hydrogens is 686 g/mol. The van der Waals surface area contributed by atoms with Gasteiger partial charge in [0.2, 0.25) is 11.7 Å². The highest BCUT2D eigenvalue weighted by Gasteiger charge is 2.38. The van der Waals surface area contributed by atoms with Gasteiger partial charge in [-0.15, -0.1) is 0 Å². The van der Waals surface area contributed by atoms with E-state index >= 15 is 0 Å². The first kappa shape index (κ1) is 38.3. The second-order valence-electron chi connectivity index (χ2n) is 12.7. The zero-order valence-electron chi connectivity index (χ0n) is 29.6. The topological polar surface area (TPSA) is 129 Å². The Hall–Kier alpha value is -4.49. The summed E-state index contributed by atoms with van der Waals surface area (Å²) in [6.07, 6.45) is 0.614. The van der Waals surface area contributed by atoms with Gasteiger partial charge in [-0.1, -0.05) is 30.7 Å². The van der Waals surface area contributed by atoms with Gasteiger partial charge in [-0.25, -0.2) is 9.59 Å². The SMILES string of the molecule is CC[C@@H](NC(=O)N1CC(=S)N(Cc2c(OC)cc(OC)cc2OC)C[C@@H](Cc2cc(Cl)ccc2OC)C1=O)c1ccc(C(=O)OC(C)(C)C)o1. The first-order valence-electron chi connectivity index (χ1n) is 16.1. The van der Waals surface area contributed by atoms with Crippen molar-refractivity contribution in [3.8, 4) is 23.0 Å². The van der Waals surface area contributed by atoms with Crippen molar-refractivity contribution >= 4 is 46.7 Å². The molecule has 1 aliphatic heterocycles. The number of urea groups is 1. The summed E-state index contributed by atoms with van der Waals surface area (Å²) in [5, 5.41) is 3.38. The number of nitrogens with one attached hydrogen (secondary N) is 1. The number of hydrogen-bond donors (Lipinski definition) is 1. The maximum absolute atomic E-state index is 14.3. The fraction of sp³-hybridized carbons (Fsp3) is 0.444. The number of carbonyl (C=O) groups is 3. The van der Waals surface area contributed by atoms with Gasteiger partial charge in [0, 0.05) is 23.7 Å². The van der Waals surface area contributed by atoms with Crippen LogP contribution in [-0.4, -0.2) is 79.8 Å². The molecule has 2 atom stereocenters. The predicted molar refractivity (Wildman–Crippen MR) is 191 cm³/mol. The van der Waals surface area contributed by atoms with Crippen LogP contribution in [0.3, 0.4) is 0 Å². The second kappa shape index (κ2) is 16.5. The molecule has 0 radical (unpaired) electrons. The van der Waals surface area contributed by atoms with Crippen LogP contribution in [0.1, 0.15) is 67.6 Å². The summed E-state index contributed by atoms with van der Waals surface area (Å²) in [7, 11) is 6.18. The molecular formula is C36H44ClN3O9S. The van der Waals surface area contributed by atoms with Gasteiger partial charge in [0.05, 0.1) is 64.0 Å². The molecule has 1 fully saturated rings. The summed E-state index contributed by atoms with van der Waals surface area (Å²) in [4.78, 5) is 44.2. The standard InChI is InChI=1S/C36H44ClN3O9S/c1-9-26(28-12-13-29(48-28)34(42)49-36(2,3)4)38-35(43)40-20-32(50)39(19-25-30(46-7)16-24(44-5)17-31(25)47-8)18-22(33(40)41)14-21-15-23(37)10-11-27(21)45-6/h10-13,15-17,22,26H,9,14,18-20H2,1-8H3,(H,38,43)/t22-,26-/m1/s1. The summed E-state index contributed by atoms with van der Waals surface area (Å²) in [6, 6.07) is 10.5. The van der Waals surface area contributed by atoms with Crippen LogP contribution in [0.2, 0.25) is 5.02 Å². The van der Waals surface area contributed by atoms with Gasteiger partial charge in [-0.3, -0.25) is 9.69 Å². The van der Waals surface area contributed by atoms with Crippen LogP contribution >= 0.6 is 23.8 Å². The normalized spacial score (nSPS) is 15.7. The van der Waals surface area contributed by atoms with Gasteiger partial charge < -0.3 is 38.3 Å². The molecule has 2 heterocycles. The summed E-state index contributed by atoms with van der Waals surface area (Å²) >= 11 is 12.2. The summed E-state index contributed by atoms with van der Waals surface area (Å²) in [5.74, 6) is 0.664. The number of rotatable bonds is 12. The first-order valence-corrected chi connectivity index (χ1v) is 16.8. The van der Waals surface area contributed by atoms with E-state index in [0.29, 0.717) is 56.3 Å². The van der Waals surface area contributed by atoms with Crippen molar-refractivity contribution < 1.29 is 42.5 Å². The Morgan fingerprint density at radius 3 is 2.24 bits per heavy atom. The molecule has 1 aliphatic rings. The van der Waals surface area contributed by atoms with Crippen molar-refractivity contribution in [1.82, 2.24) is 15.1 Å². The monoisotopic (exact) mass is 729 g/mol. The molecule has 0 saturated carbocycles. The third kappa shape index (κ3) is 9.19. The molecule has 0 spiro atoms. The molecule has 50 heavy (non-hydrogen) atoms. The molecule has 0 aliphatic carbocycles. The van der Waals surface area contributed by atoms with Crippen molar-refractivity contribution in [2.75, 3.05) is 41.5 Å². The van der Waals surface area contributed by atoms with Crippen molar-refractivity contribution in [3.63, 3.8) is 0 Å². The number of imide groups is 1. The highest BCUT2D eigenvalue weighted by Crippen LogP contribution is 2.36. The molecule has 270 valence electrons. The average Bonchev–Trinajstić information content (AvgIpc) is 3.54. The number of halogens is 1. The third-order valence-corrected chi connectivity index (χ3v) is 8.72. The average molecular weight is 730 g/mol. The molecule has 12 nitrogen and oxygen atoms in total. The van der Waals surface area contributed by atoms with Gasteiger partial charge >= 0.3 is 12.0 Å². The molecule has 14 heteroatoms. The second-order valence-corrected chi connectivity index (χ2v) is 13.6. The highest BCUT2D eigenvalue weighted by atomic mass is 35.5. The number of furan rings is 1. The number of methoxy groups -OCH3 is 4. The molecule has 0 unspecified atom stereocenters. The Balaban J connectivity index is 1.67. The van der Waals surface area contributed by atoms with E-state index in [1.807, 2.05) is 11.8 Å². The van der Waals surface area contributed by atoms with E-state index in [9.17, 15) is 14.4 Å². The van der Waals surface area contributed by atoms with E-state index in [0.717, 1.165) is 4.90 Å². The number of amides is 3. The quantitative estimate of drug-likeness (QED) is 0.160. The minimum atomic E-state index is -0.744. The van der Waals surface area contributed by atoms with Crippen LogP contribution in [-0.2, 0) is 22.5 Å². The van der Waals surface area contributed by atoms with Crippen LogP contribution < -0.4 is 24.3 Å². The Labute approximate surface area is 302 Å². The van der Waals surface area contributed by atoms with E-state index in [-0.39, 0.29) is 31.8 Å². The van der Waals surface area contributed by atoms with E-state index in [2.05, 4.69) is 5.32 Å². The van der Waals surface area contributed by atoms with Gasteiger partial charge in [0.15, 0.2) is 0 Å². The smallest absolute Gasteiger partial charge is 0.374 e. The van der Waals surface area contributed by atoms with Crippen molar-refractivity contribution in [1.29, 1.82) is 0 Å². The zero-order valence-corrected chi connectivity index (χ0v) is 31.2. The van der Waals surface area contributed by atoms with Crippen LogP contribution in [0.15, 0.2) is 46.9 Å². The summed E-state index contributed by atoms with van der Waals surface area (Å²) in [6.45, 7) is 7.35. The fourth-order valence-corrected chi connectivity index (χ4v) is 6.10. The number of benzene rings is 2. The van der Waals surface area contributed by atoms with Crippen LogP contribution in [0, 0.1) is 5.92 Å². The lowest BCUT2D eigenvalue weighted by Crippen LogP contribution is -2.48. The summed E-state index contributed by atoms with van der Waals surface area (Å²) < 4.78 is 33.6. The number of carbonyl (C=O) groups excluding carboxylic acids is 3. The van der Waals surface area contributed by atoms with Crippen LogP contribution in [0.25, 0.3) is 0 Å². The molecule has 1 N–H and O–H groups in total. The molecule has 3 aromatic rings. The minimum absolute atomic E-state index is 0.00483. The van der Waals surface area contributed by atoms with Crippen LogP contribution in [0.4, 0.5) is 4.79 Å². The van der Waals surface area contributed by atoms with Crippen molar-refractivity contribution in [2.45, 2.75) is 58.7 Å². The van der Waals surface area contributed by atoms with Crippen LogP contribution in [0.5, 0.6) is 23.0 Å². The number of thiocarbonyl (C=S) groups is 1. The van der Waals surface area contributed by atoms with Gasteiger partial charge in [0.1, 0.15) is 34.4 Å². The Morgan fingerprint density at radius 2 is 1.66 bits per heavy atom. The molecule has 1 aromatic heterocycles. The lowest BCUT2D eigenvalue weighted by atomic mass is 9.96. The van der Waals surface area contributed by atoms with Gasteiger partial charge in [0.25, 0.3) is 0 Å². The zero-order chi connectivity index (χ0) is 36.7. The number of esters is 1. The van der Waals surface area contributed by atoms with Gasteiger partial charge in [-0.05, 0) is 69.5 Å². The molecule has 4 rings (SSSR count). The predicted octanol–water partition coefficient (Wildman–Crippen LogP) is 6.61. The highest BCUT2D eigenvalue weighted by molar-refractivity contribution is 7.80. The fourth-order valence-electron chi connectivity index (χ4n) is 5.63. The molecule has 1 saturated heterocycles. The van der Waals surface area contributed by atoms with Crippen molar-refractivity contribution in [2.24, 2.45) is 5.92 Å². The Morgan fingerprint density at radius 1 is 1.00 bits per heavy atom. The number of nitrogens with zero attached hydrogens (tertiary/aromatic N) is 2. The van der Waals surface area contributed by atoms with E-state index in [1.54, 1.807) is 85.6 Å². The Kier molecular flexibility index (Phi) is 12.6. The lowest BCUT2D eigenvalue weighted by molar-refractivity contribution is -0.131. The maximum Gasteiger partial charge on any atom is 0.374 e. The third-order valence-electron chi connectivity index (χ3n) is 8.10. The first-order chi connectivity index (χ1) is 23.7. The minimum Gasteiger partial charge on any atom is -0.496 e. The van der Waals surface area contributed by atoms with Gasteiger partial charge in [-0.2, -0.15) is 0 Å². The van der Waals surface area contributed by atoms with E-state index in [4.69, 9.17) is 51.9 Å².